The van der Waals surface area contributed by atoms with Gasteiger partial charge < -0.3 is 9.64 Å². The Morgan fingerprint density at radius 3 is 2.43 bits per heavy atom. The van der Waals surface area contributed by atoms with Crippen molar-refractivity contribution in [1.29, 1.82) is 0 Å². The minimum atomic E-state index is -0.461. The van der Waals surface area contributed by atoms with E-state index in [4.69, 9.17) is 4.74 Å². The number of nitro groups is 1. The van der Waals surface area contributed by atoms with Crippen LogP contribution in [0.3, 0.4) is 0 Å². The number of nitrogens with zero attached hydrogens (tertiary/aromatic N) is 4. The minimum Gasteiger partial charge on any atom is -0.372 e. The zero-order valence-electron chi connectivity index (χ0n) is 12.7. The van der Waals surface area contributed by atoms with Crippen molar-refractivity contribution in [2.24, 2.45) is 0 Å². The second-order valence-electron chi connectivity index (χ2n) is 5.49. The van der Waals surface area contributed by atoms with Crippen molar-refractivity contribution in [3.05, 3.63) is 21.5 Å². The molecular weight excluding hydrogens is 276 g/mol. The van der Waals surface area contributed by atoms with Crippen LogP contribution >= 0.6 is 0 Å². The summed E-state index contributed by atoms with van der Waals surface area (Å²) in [7, 11) is 0. The first kappa shape index (κ1) is 15.4. The Kier molecular flexibility index (Phi) is 4.26. The topological polar surface area (TPSA) is 90.5 Å². The highest BCUT2D eigenvalue weighted by atomic mass is 16.6. The molecule has 1 aromatic heterocycles. The van der Waals surface area contributed by atoms with E-state index in [1.54, 1.807) is 18.7 Å². The number of ether oxygens (including phenoxy) is 1. The molecule has 1 amide bonds. The summed E-state index contributed by atoms with van der Waals surface area (Å²) in [6.07, 6.45) is -0.0139. The van der Waals surface area contributed by atoms with Gasteiger partial charge in [-0.05, 0) is 27.7 Å². The summed E-state index contributed by atoms with van der Waals surface area (Å²) in [5, 5.41) is 15.1. The molecule has 2 heterocycles. The highest BCUT2D eigenvalue weighted by Gasteiger charge is 2.28. The smallest absolute Gasteiger partial charge is 0.312 e. The molecule has 0 aliphatic carbocycles. The fourth-order valence-corrected chi connectivity index (χ4v) is 2.72. The van der Waals surface area contributed by atoms with Crippen LogP contribution in [0.2, 0.25) is 0 Å². The van der Waals surface area contributed by atoms with Crippen LogP contribution in [0.1, 0.15) is 25.2 Å². The molecule has 8 heteroatoms. The summed E-state index contributed by atoms with van der Waals surface area (Å²) in [5.41, 5.74) is 0.709. The summed E-state index contributed by atoms with van der Waals surface area (Å²) in [6.45, 7) is 8.10. The first-order chi connectivity index (χ1) is 9.79. The number of morpholine rings is 1. The van der Waals surface area contributed by atoms with Gasteiger partial charge in [0.25, 0.3) is 0 Å². The molecule has 1 aliphatic rings. The number of carbonyl (C=O) groups is 1. The number of carbonyl (C=O) groups excluding carboxylic acids is 1. The zero-order chi connectivity index (χ0) is 15.7. The average Bonchev–Trinajstić information content (AvgIpc) is 2.63. The first-order valence-electron chi connectivity index (χ1n) is 6.91. The SMILES string of the molecule is Cc1nn(CC(=O)N2C[C@H](C)O[C@@H](C)C2)c(C)c1[N+](=O)[O-]. The quantitative estimate of drug-likeness (QED) is 0.614. The molecule has 0 spiro atoms. The summed E-state index contributed by atoms with van der Waals surface area (Å²) in [5.74, 6) is -0.0995. The van der Waals surface area contributed by atoms with Gasteiger partial charge in [-0.3, -0.25) is 19.6 Å². The van der Waals surface area contributed by atoms with E-state index in [0.29, 0.717) is 24.5 Å². The molecule has 0 saturated carbocycles. The highest BCUT2D eigenvalue weighted by Crippen LogP contribution is 2.22. The Bertz CT molecular complexity index is 559. The van der Waals surface area contributed by atoms with Crippen LogP contribution in [-0.2, 0) is 16.1 Å². The van der Waals surface area contributed by atoms with Gasteiger partial charge in [0.1, 0.15) is 17.9 Å². The molecule has 1 aliphatic heterocycles. The minimum absolute atomic E-state index is 0.00695. The number of aryl methyl sites for hydroxylation is 1. The lowest BCUT2D eigenvalue weighted by Gasteiger charge is -2.35. The number of amides is 1. The van der Waals surface area contributed by atoms with Gasteiger partial charge in [-0.15, -0.1) is 0 Å². The van der Waals surface area contributed by atoms with Crippen LogP contribution in [0.5, 0.6) is 0 Å². The summed E-state index contributed by atoms with van der Waals surface area (Å²) >= 11 is 0. The Hall–Kier alpha value is -1.96. The van der Waals surface area contributed by atoms with Crippen molar-refractivity contribution in [3.63, 3.8) is 0 Å². The lowest BCUT2D eigenvalue weighted by Crippen LogP contribution is -2.49. The molecular formula is C13H20N4O4. The third kappa shape index (κ3) is 3.21. The maximum Gasteiger partial charge on any atom is 0.312 e. The molecule has 2 rings (SSSR count). The maximum absolute atomic E-state index is 12.3. The van der Waals surface area contributed by atoms with Crippen molar-refractivity contribution < 1.29 is 14.5 Å². The summed E-state index contributed by atoms with van der Waals surface area (Å²) in [6, 6.07) is 0. The molecule has 1 fully saturated rings. The van der Waals surface area contributed by atoms with Gasteiger partial charge in [0.05, 0.1) is 17.1 Å². The van der Waals surface area contributed by atoms with Crippen molar-refractivity contribution in [2.45, 2.75) is 46.4 Å². The van der Waals surface area contributed by atoms with E-state index in [9.17, 15) is 14.9 Å². The van der Waals surface area contributed by atoms with Crippen LogP contribution in [0, 0.1) is 24.0 Å². The van der Waals surface area contributed by atoms with Crippen LogP contribution in [0.15, 0.2) is 0 Å². The fraction of sp³-hybridized carbons (Fsp3) is 0.692. The molecule has 0 unspecified atom stereocenters. The van der Waals surface area contributed by atoms with E-state index in [-0.39, 0.29) is 30.3 Å². The molecule has 0 N–H and O–H groups in total. The summed E-state index contributed by atoms with van der Waals surface area (Å²) in [4.78, 5) is 24.6. The van der Waals surface area contributed by atoms with Crippen molar-refractivity contribution in [2.75, 3.05) is 13.1 Å². The van der Waals surface area contributed by atoms with Gasteiger partial charge in [-0.1, -0.05) is 0 Å². The van der Waals surface area contributed by atoms with E-state index in [1.165, 1.54) is 4.68 Å². The van der Waals surface area contributed by atoms with E-state index >= 15 is 0 Å². The molecule has 1 aromatic rings. The lowest BCUT2D eigenvalue weighted by atomic mass is 10.2. The number of rotatable bonds is 3. The normalized spacial score (nSPS) is 22.4. The Labute approximate surface area is 122 Å². The molecule has 116 valence electrons. The predicted octanol–water partition coefficient (Wildman–Crippen LogP) is 1.04. The molecule has 0 aromatic carbocycles. The number of hydrogen-bond acceptors (Lipinski definition) is 5. The number of aromatic nitrogens is 2. The Balaban J connectivity index is 2.13. The van der Waals surface area contributed by atoms with E-state index in [1.807, 2.05) is 13.8 Å². The molecule has 0 radical (unpaired) electrons. The Morgan fingerprint density at radius 1 is 1.38 bits per heavy atom. The van der Waals surface area contributed by atoms with Gasteiger partial charge >= 0.3 is 5.69 Å². The third-order valence-corrected chi connectivity index (χ3v) is 3.58. The molecule has 21 heavy (non-hydrogen) atoms. The standard InChI is InChI=1S/C13H20N4O4/c1-8-5-15(6-9(2)21-8)12(18)7-16-11(4)13(17(19)20)10(3)14-16/h8-9H,5-7H2,1-4H3/t8-,9-/m0/s1. The number of hydrogen-bond donors (Lipinski definition) is 0. The van der Waals surface area contributed by atoms with Gasteiger partial charge in [0.2, 0.25) is 5.91 Å². The second kappa shape index (κ2) is 5.80. The van der Waals surface area contributed by atoms with Crippen LogP contribution in [0.25, 0.3) is 0 Å². The van der Waals surface area contributed by atoms with Crippen LogP contribution in [0.4, 0.5) is 5.69 Å². The highest BCUT2D eigenvalue weighted by molar-refractivity contribution is 5.76. The monoisotopic (exact) mass is 296 g/mol. The molecule has 8 nitrogen and oxygen atoms in total. The lowest BCUT2D eigenvalue weighted by molar-refractivity contribution is -0.386. The second-order valence-corrected chi connectivity index (χ2v) is 5.49. The third-order valence-electron chi connectivity index (χ3n) is 3.58. The summed E-state index contributed by atoms with van der Waals surface area (Å²) < 4.78 is 6.99. The van der Waals surface area contributed by atoms with Crippen LogP contribution in [-0.4, -0.2) is 50.8 Å². The predicted molar refractivity (Wildman–Crippen MR) is 74.9 cm³/mol. The molecule has 1 saturated heterocycles. The maximum atomic E-state index is 12.3. The van der Waals surface area contributed by atoms with E-state index in [0.717, 1.165) is 0 Å². The average molecular weight is 296 g/mol. The van der Waals surface area contributed by atoms with E-state index in [2.05, 4.69) is 5.10 Å². The van der Waals surface area contributed by atoms with Gasteiger partial charge in [-0.2, -0.15) is 5.10 Å². The zero-order valence-corrected chi connectivity index (χ0v) is 12.7. The van der Waals surface area contributed by atoms with Crippen molar-refractivity contribution >= 4 is 11.6 Å². The van der Waals surface area contributed by atoms with E-state index < -0.39 is 4.92 Å². The van der Waals surface area contributed by atoms with Crippen molar-refractivity contribution in [3.8, 4) is 0 Å². The largest absolute Gasteiger partial charge is 0.372 e. The Morgan fingerprint density at radius 2 is 1.95 bits per heavy atom. The van der Waals surface area contributed by atoms with Gasteiger partial charge in [0, 0.05) is 13.1 Å². The first-order valence-corrected chi connectivity index (χ1v) is 6.91. The van der Waals surface area contributed by atoms with Gasteiger partial charge in [-0.25, -0.2) is 0 Å². The van der Waals surface area contributed by atoms with Crippen molar-refractivity contribution in [1.82, 2.24) is 14.7 Å². The van der Waals surface area contributed by atoms with Gasteiger partial charge in [0.15, 0.2) is 0 Å². The van der Waals surface area contributed by atoms with Crippen LogP contribution < -0.4 is 0 Å². The fourth-order valence-electron chi connectivity index (χ4n) is 2.72. The molecule has 2 atom stereocenters. The molecule has 0 bridgehead atoms.